The molecule has 200 valence electrons. The van der Waals surface area contributed by atoms with Crippen molar-refractivity contribution < 1.29 is 19.7 Å². The molecule has 0 unspecified atom stereocenters. The Labute approximate surface area is 225 Å². The fourth-order valence-corrected chi connectivity index (χ4v) is 4.85. The van der Waals surface area contributed by atoms with Crippen molar-refractivity contribution in [3.8, 4) is 6.07 Å². The molecule has 0 radical (unpaired) electrons. The van der Waals surface area contributed by atoms with Gasteiger partial charge in [-0.05, 0) is 18.1 Å². The average molecular weight is 528 g/mol. The second-order valence-electron chi connectivity index (χ2n) is 9.29. The molecule has 0 aliphatic carbocycles. The van der Waals surface area contributed by atoms with Crippen LogP contribution in [-0.2, 0) is 9.53 Å². The number of carbonyl (C=O) groups is 1. The summed E-state index contributed by atoms with van der Waals surface area (Å²) in [5, 5.41) is 36.9. The summed E-state index contributed by atoms with van der Waals surface area (Å²) in [6.07, 6.45) is -3.28. The molecule has 4 N–H and O–H groups in total. The number of rotatable bonds is 9. The highest BCUT2D eigenvalue weighted by atomic mass is 16.6. The van der Waals surface area contributed by atoms with Crippen molar-refractivity contribution in [3.63, 3.8) is 0 Å². The minimum atomic E-state index is -1.33. The Morgan fingerprint density at radius 3 is 2.36 bits per heavy atom. The predicted molar refractivity (Wildman–Crippen MR) is 142 cm³/mol. The molecular formula is C28H29N7O4. The topological polar surface area (TPSA) is 158 Å². The van der Waals surface area contributed by atoms with Gasteiger partial charge in [0.05, 0.1) is 18.9 Å². The predicted octanol–water partition coefficient (Wildman–Crippen LogP) is 2.09. The van der Waals surface area contributed by atoms with Crippen LogP contribution < -0.4 is 10.6 Å². The maximum atomic E-state index is 12.0. The van der Waals surface area contributed by atoms with E-state index in [0.29, 0.717) is 24.4 Å². The fraction of sp³-hybridized carbons (Fsp3) is 0.321. The van der Waals surface area contributed by atoms with Crippen molar-refractivity contribution in [2.45, 2.75) is 43.8 Å². The Kier molecular flexibility index (Phi) is 7.79. The molecule has 1 fully saturated rings. The molecule has 2 aromatic heterocycles. The zero-order valence-corrected chi connectivity index (χ0v) is 21.3. The normalized spacial score (nSPS) is 20.7. The number of hydrogen-bond donors (Lipinski definition) is 4. The lowest BCUT2D eigenvalue weighted by Crippen LogP contribution is -2.35. The minimum Gasteiger partial charge on any atom is -0.388 e. The summed E-state index contributed by atoms with van der Waals surface area (Å²) in [6.45, 7) is 2.70. The Balaban J connectivity index is 1.44. The number of hydrogen-bond acceptors (Lipinski definition) is 9. The molecule has 1 saturated heterocycles. The van der Waals surface area contributed by atoms with Crippen LogP contribution >= 0.6 is 0 Å². The number of aliphatic hydroxyl groups is 2. The summed E-state index contributed by atoms with van der Waals surface area (Å²) < 4.78 is 7.34. The molecule has 11 heteroatoms. The molecule has 0 saturated carbocycles. The lowest BCUT2D eigenvalue weighted by Gasteiger charge is -2.19. The number of nitrogens with one attached hydrogen (secondary N) is 2. The van der Waals surface area contributed by atoms with Gasteiger partial charge in [-0.3, -0.25) is 9.36 Å². The van der Waals surface area contributed by atoms with Crippen molar-refractivity contribution in [1.82, 2.24) is 24.8 Å². The monoisotopic (exact) mass is 527 g/mol. The van der Waals surface area contributed by atoms with Gasteiger partial charge in [0.15, 0.2) is 23.2 Å². The van der Waals surface area contributed by atoms with Gasteiger partial charge in [0, 0.05) is 19.0 Å². The van der Waals surface area contributed by atoms with Crippen molar-refractivity contribution in [2.75, 3.05) is 18.4 Å². The third kappa shape index (κ3) is 5.44. The molecule has 3 heterocycles. The summed E-state index contributed by atoms with van der Waals surface area (Å²) in [7, 11) is 0. The van der Waals surface area contributed by atoms with Crippen molar-refractivity contribution in [3.05, 3.63) is 83.9 Å². The van der Waals surface area contributed by atoms with Gasteiger partial charge in [0.25, 0.3) is 0 Å². The second-order valence-corrected chi connectivity index (χ2v) is 9.29. The van der Waals surface area contributed by atoms with Crippen LogP contribution in [0.5, 0.6) is 0 Å². The van der Waals surface area contributed by atoms with Crippen LogP contribution in [0.25, 0.3) is 11.2 Å². The number of ether oxygens (including phenoxy) is 1. The van der Waals surface area contributed by atoms with Crippen LogP contribution in [0.2, 0.25) is 0 Å². The summed E-state index contributed by atoms with van der Waals surface area (Å²) in [6, 6.07) is 22.1. The molecule has 2 aromatic carbocycles. The third-order valence-electron chi connectivity index (χ3n) is 6.77. The molecule has 1 amide bonds. The molecule has 5 rings (SSSR count). The number of anilines is 1. The Morgan fingerprint density at radius 2 is 1.74 bits per heavy atom. The van der Waals surface area contributed by atoms with Gasteiger partial charge in [0.2, 0.25) is 11.7 Å². The fourth-order valence-electron chi connectivity index (χ4n) is 4.85. The Hall–Kier alpha value is -4.37. The van der Waals surface area contributed by atoms with E-state index in [4.69, 9.17) is 4.74 Å². The molecule has 0 bridgehead atoms. The van der Waals surface area contributed by atoms with E-state index in [1.54, 1.807) is 6.92 Å². The number of benzene rings is 2. The standard InChI is InChI=1S/C28H29N7O4/c1-2-30-22(36)13-20-24(37)25(38)28(39-20)35-16-32-23-26(33-21(14-29)34-27(23)35)31-15-19(17-9-5-3-6-10-17)18-11-7-4-8-12-18/h3-12,16,19-20,24-25,28,37-38H,2,13,15H2,1H3,(H,30,36)(H,31,33,34)/t20-,24+,25+,28+/m0/s1. The Bertz CT molecular complexity index is 1430. The number of amides is 1. The van der Waals surface area contributed by atoms with Crippen LogP contribution in [0.15, 0.2) is 67.0 Å². The van der Waals surface area contributed by atoms with Crippen LogP contribution in [0.3, 0.4) is 0 Å². The van der Waals surface area contributed by atoms with Gasteiger partial charge < -0.3 is 25.6 Å². The number of nitriles is 1. The number of carbonyl (C=O) groups excluding carboxylic acids is 1. The van der Waals surface area contributed by atoms with Crippen LogP contribution in [-0.4, -0.2) is 67.0 Å². The second kappa shape index (κ2) is 11.6. The maximum absolute atomic E-state index is 12.0. The van der Waals surface area contributed by atoms with Crippen LogP contribution in [0, 0.1) is 11.3 Å². The summed E-state index contributed by atoms with van der Waals surface area (Å²) in [5.74, 6) is -0.0271. The van der Waals surface area contributed by atoms with E-state index in [2.05, 4.69) is 49.9 Å². The van der Waals surface area contributed by atoms with Crippen molar-refractivity contribution in [2.24, 2.45) is 0 Å². The van der Waals surface area contributed by atoms with Gasteiger partial charge in [-0.25, -0.2) is 4.98 Å². The van der Waals surface area contributed by atoms with Crippen LogP contribution in [0.1, 0.15) is 42.4 Å². The first-order chi connectivity index (χ1) is 19.0. The van der Waals surface area contributed by atoms with Gasteiger partial charge in [0.1, 0.15) is 18.3 Å². The van der Waals surface area contributed by atoms with E-state index in [1.165, 1.54) is 10.9 Å². The minimum absolute atomic E-state index is 0.00445. The van der Waals surface area contributed by atoms with Crippen molar-refractivity contribution in [1.29, 1.82) is 5.26 Å². The van der Waals surface area contributed by atoms with E-state index >= 15 is 0 Å². The van der Waals surface area contributed by atoms with E-state index in [0.717, 1.165) is 11.1 Å². The third-order valence-corrected chi connectivity index (χ3v) is 6.77. The highest BCUT2D eigenvalue weighted by Gasteiger charge is 2.45. The molecule has 4 atom stereocenters. The van der Waals surface area contributed by atoms with Gasteiger partial charge in [-0.2, -0.15) is 15.2 Å². The SMILES string of the molecule is CCNC(=O)C[C@@H]1O[C@@H](n2cnc3c(NCC(c4ccccc4)c4ccccc4)nc(C#N)nc32)[C@H](O)[C@@H]1O. The quantitative estimate of drug-likeness (QED) is 0.256. The highest BCUT2D eigenvalue weighted by Crippen LogP contribution is 2.34. The van der Waals surface area contributed by atoms with Crippen molar-refractivity contribution >= 4 is 22.9 Å². The lowest BCUT2D eigenvalue weighted by molar-refractivity contribution is -0.125. The molecular weight excluding hydrogens is 498 g/mol. The number of aromatic nitrogens is 4. The summed E-state index contributed by atoms with van der Waals surface area (Å²) in [5.41, 5.74) is 2.87. The molecule has 39 heavy (non-hydrogen) atoms. The van der Waals surface area contributed by atoms with Gasteiger partial charge in [-0.15, -0.1) is 0 Å². The smallest absolute Gasteiger partial charge is 0.236 e. The first kappa shape index (κ1) is 26.2. The summed E-state index contributed by atoms with van der Waals surface area (Å²) >= 11 is 0. The molecule has 1 aliphatic heterocycles. The molecule has 11 nitrogen and oxygen atoms in total. The first-order valence-electron chi connectivity index (χ1n) is 12.8. The van der Waals surface area contributed by atoms with E-state index in [1.807, 2.05) is 42.5 Å². The first-order valence-corrected chi connectivity index (χ1v) is 12.8. The van der Waals surface area contributed by atoms with Crippen LogP contribution in [0.4, 0.5) is 5.82 Å². The van der Waals surface area contributed by atoms with E-state index in [-0.39, 0.29) is 29.7 Å². The zero-order chi connectivity index (χ0) is 27.4. The van der Waals surface area contributed by atoms with E-state index < -0.39 is 24.5 Å². The number of fused-ring (bicyclic) bond motifs is 1. The highest BCUT2D eigenvalue weighted by molar-refractivity contribution is 5.83. The van der Waals surface area contributed by atoms with Gasteiger partial charge in [-0.1, -0.05) is 60.7 Å². The molecule has 1 aliphatic rings. The molecule has 0 spiro atoms. The average Bonchev–Trinajstić information content (AvgIpc) is 3.50. The Morgan fingerprint density at radius 1 is 1.08 bits per heavy atom. The lowest BCUT2D eigenvalue weighted by atomic mass is 9.91. The zero-order valence-electron chi connectivity index (χ0n) is 21.3. The largest absolute Gasteiger partial charge is 0.388 e. The number of imidazole rings is 1. The maximum Gasteiger partial charge on any atom is 0.236 e. The number of aliphatic hydroxyl groups excluding tert-OH is 2. The molecule has 4 aromatic rings. The number of nitrogens with zero attached hydrogens (tertiary/aromatic N) is 5. The summed E-state index contributed by atoms with van der Waals surface area (Å²) in [4.78, 5) is 25.2. The van der Waals surface area contributed by atoms with E-state index in [9.17, 15) is 20.3 Å². The van der Waals surface area contributed by atoms with Gasteiger partial charge >= 0.3 is 0 Å².